The first-order chi connectivity index (χ1) is 17.2. The number of hydrogen-bond donors (Lipinski definition) is 2. The van der Waals surface area contributed by atoms with E-state index >= 15 is 0 Å². The minimum Gasteiger partial charge on any atom is -0.472 e. The molecule has 7 nitrogen and oxygen atoms in total. The Balaban J connectivity index is 1.47. The average Bonchev–Trinajstić information content (AvgIpc) is 2.86. The fraction of sp³-hybridized carbons (Fsp3) is 0.222. The molecule has 9 heteroatoms. The predicted molar refractivity (Wildman–Crippen MR) is 139 cm³/mol. The van der Waals surface area contributed by atoms with Gasteiger partial charge < -0.3 is 20.3 Å². The zero-order valence-corrected chi connectivity index (χ0v) is 21.3. The smallest absolute Gasteiger partial charge is 0.260 e. The lowest BCUT2D eigenvalue weighted by Crippen LogP contribution is -2.38. The molecule has 3 aromatic rings. The minimum atomic E-state index is -0.431. The van der Waals surface area contributed by atoms with Crippen LogP contribution in [0.3, 0.4) is 0 Å². The summed E-state index contributed by atoms with van der Waals surface area (Å²) >= 11 is 12.2. The zero-order chi connectivity index (χ0) is 25.8. The number of carbonyl (C=O) groups is 3. The maximum atomic E-state index is 13.1. The van der Waals surface area contributed by atoms with E-state index < -0.39 is 5.91 Å². The van der Waals surface area contributed by atoms with Gasteiger partial charge >= 0.3 is 0 Å². The van der Waals surface area contributed by atoms with E-state index in [2.05, 4.69) is 10.6 Å². The van der Waals surface area contributed by atoms with Gasteiger partial charge in [0.2, 0.25) is 5.91 Å². The van der Waals surface area contributed by atoms with E-state index in [1.165, 1.54) is 0 Å². The van der Waals surface area contributed by atoms with Crippen LogP contribution in [-0.4, -0.2) is 29.4 Å². The van der Waals surface area contributed by atoms with Gasteiger partial charge in [0.15, 0.2) is 6.73 Å². The van der Waals surface area contributed by atoms with Crippen LogP contribution in [0.25, 0.3) is 0 Å². The largest absolute Gasteiger partial charge is 0.472 e. The minimum absolute atomic E-state index is 0.0815. The van der Waals surface area contributed by atoms with Gasteiger partial charge in [0.05, 0.1) is 16.1 Å². The molecule has 1 aliphatic heterocycles. The van der Waals surface area contributed by atoms with Crippen LogP contribution in [0.4, 0.5) is 5.69 Å². The molecule has 0 saturated carbocycles. The third-order valence-corrected chi connectivity index (χ3v) is 6.27. The molecule has 0 radical (unpaired) electrons. The molecule has 0 bridgehead atoms. The fourth-order valence-corrected chi connectivity index (χ4v) is 3.98. The summed E-state index contributed by atoms with van der Waals surface area (Å²) in [5.74, 6) is -0.409. The van der Waals surface area contributed by atoms with E-state index in [9.17, 15) is 14.4 Å². The van der Waals surface area contributed by atoms with Gasteiger partial charge in [-0.2, -0.15) is 0 Å². The maximum Gasteiger partial charge on any atom is 0.260 e. The highest BCUT2D eigenvalue weighted by atomic mass is 35.5. The van der Waals surface area contributed by atoms with Crippen molar-refractivity contribution in [3.05, 3.63) is 93.0 Å². The molecule has 0 atom stereocenters. The summed E-state index contributed by atoms with van der Waals surface area (Å²) in [5.41, 5.74) is 2.70. The second-order valence-corrected chi connectivity index (χ2v) is 9.60. The van der Waals surface area contributed by atoms with Gasteiger partial charge in [-0.25, -0.2) is 0 Å². The van der Waals surface area contributed by atoms with E-state index in [-0.39, 0.29) is 41.6 Å². The van der Waals surface area contributed by atoms with E-state index in [0.717, 1.165) is 11.1 Å². The number of amides is 3. The van der Waals surface area contributed by atoms with Crippen LogP contribution in [0.2, 0.25) is 10.0 Å². The monoisotopic (exact) mass is 525 g/mol. The summed E-state index contributed by atoms with van der Waals surface area (Å²) < 4.78 is 5.76. The standard InChI is InChI=1S/C27H25Cl2N3O4/c1-16(2)25(33)30-13-18-5-9-23(29)21(11-18)26(34)31-20-8-10-24-22(12-20)27(35)32(15-36-24)14-17-3-6-19(28)7-4-17/h3-12,16H,13-15H2,1-2H3,(H,30,33)(H,31,34). The highest BCUT2D eigenvalue weighted by Gasteiger charge is 2.26. The van der Waals surface area contributed by atoms with Gasteiger partial charge in [0, 0.05) is 29.7 Å². The summed E-state index contributed by atoms with van der Waals surface area (Å²) in [4.78, 5) is 39.6. The topological polar surface area (TPSA) is 87.7 Å². The van der Waals surface area contributed by atoms with E-state index in [0.29, 0.717) is 28.6 Å². The molecule has 0 aliphatic carbocycles. The second kappa shape index (κ2) is 11.0. The number of halogens is 2. The van der Waals surface area contributed by atoms with Crippen LogP contribution in [0.15, 0.2) is 60.7 Å². The number of fused-ring (bicyclic) bond motifs is 1. The maximum absolute atomic E-state index is 13.1. The molecule has 0 spiro atoms. The van der Waals surface area contributed by atoms with Crippen molar-refractivity contribution in [2.75, 3.05) is 12.0 Å². The molecule has 3 amide bonds. The number of ether oxygens (including phenoxy) is 1. The lowest BCUT2D eigenvalue weighted by atomic mass is 10.1. The Morgan fingerprint density at radius 1 is 1.00 bits per heavy atom. The van der Waals surface area contributed by atoms with Gasteiger partial charge in [0.1, 0.15) is 5.75 Å². The molecular formula is C27H25Cl2N3O4. The second-order valence-electron chi connectivity index (χ2n) is 8.75. The van der Waals surface area contributed by atoms with E-state index in [1.54, 1.807) is 67.3 Å². The summed E-state index contributed by atoms with van der Waals surface area (Å²) in [6, 6.07) is 17.2. The van der Waals surface area contributed by atoms with E-state index in [1.807, 2.05) is 12.1 Å². The summed E-state index contributed by atoms with van der Waals surface area (Å²) in [6.07, 6.45) is 0. The Bertz CT molecular complexity index is 1310. The molecular weight excluding hydrogens is 501 g/mol. The predicted octanol–water partition coefficient (Wildman–Crippen LogP) is 5.51. The molecule has 186 valence electrons. The lowest BCUT2D eigenvalue weighted by Gasteiger charge is -2.29. The quantitative estimate of drug-likeness (QED) is 0.425. The Morgan fingerprint density at radius 3 is 2.44 bits per heavy atom. The van der Waals surface area contributed by atoms with Crippen molar-refractivity contribution in [3.8, 4) is 5.75 Å². The molecule has 1 aliphatic rings. The third kappa shape index (κ3) is 5.98. The molecule has 3 aromatic carbocycles. The Labute approximate surface area is 219 Å². The van der Waals surface area contributed by atoms with Crippen LogP contribution in [0.1, 0.15) is 45.7 Å². The normalized spacial score (nSPS) is 12.7. The lowest BCUT2D eigenvalue weighted by molar-refractivity contribution is -0.124. The number of nitrogens with zero attached hydrogens (tertiary/aromatic N) is 1. The highest BCUT2D eigenvalue weighted by Crippen LogP contribution is 2.29. The highest BCUT2D eigenvalue weighted by molar-refractivity contribution is 6.34. The van der Waals surface area contributed by atoms with Gasteiger partial charge in [-0.05, 0) is 53.6 Å². The number of benzene rings is 3. The molecule has 0 unspecified atom stereocenters. The summed E-state index contributed by atoms with van der Waals surface area (Å²) in [5, 5.41) is 6.52. The van der Waals surface area contributed by atoms with Crippen LogP contribution >= 0.6 is 23.2 Å². The molecule has 0 saturated heterocycles. The van der Waals surface area contributed by atoms with Crippen LogP contribution in [0, 0.1) is 5.92 Å². The van der Waals surface area contributed by atoms with Crippen LogP contribution < -0.4 is 15.4 Å². The first-order valence-corrected chi connectivity index (χ1v) is 12.1. The van der Waals surface area contributed by atoms with Gasteiger partial charge in [-0.3, -0.25) is 14.4 Å². The van der Waals surface area contributed by atoms with Crippen LogP contribution in [-0.2, 0) is 17.9 Å². The van der Waals surface area contributed by atoms with E-state index in [4.69, 9.17) is 27.9 Å². The number of anilines is 1. The number of carbonyl (C=O) groups excluding carboxylic acids is 3. The zero-order valence-electron chi connectivity index (χ0n) is 19.8. The first-order valence-electron chi connectivity index (χ1n) is 11.4. The Hall–Kier alpha value is -3.55. The third-order valence-electron chi connectivity index (χ3n) is 5.68. The van der Waals surface area contributed by atoms with Crippen molar-refractivity contribution < 1.29 is 19.1 Å². The van der Waals surface area contributed by atoms with Gasteiger partial charge in [0.25, 0.3) is 11.8 Å². The van der Waals surface area contributed by atoms with Crippen molar-refractivity contribution in [1.82, 2.24) is 10.2 Å². The van der Waals surface area contributed by atoms with Crippen molar-refractivity contribution in [2.45, 2.75) is 26.9 Å². The molecule has 0 fully saturated rings. The summed E-state index contributed by atoms with van der Waals surface area (Å²) in [7, 11) is 0. The Kier molecular flexibility index (Phi) is 7.82. The van der Waals surface area contributed by atoms with Crippen molar-refractivity contribution in [2.24, 2.45) is 5.92 Å². The number of rotatable bonds is 7. The molecule has 0 aromatic heterocycles. The van der Waals surface area contributed by atoms with Crippen molar-refractivity contribution >= 4 is 46.6 Å². The van der Waals surface area contributed by atoms with Gasteiger partial charge in [-0.1, -0.05) is 55.2 Å². The number of nitrogens with one attached hydrogen (secondary N) is 2. The SMILES string of the molecule is CC(C)C(=O)NCc1ccc(Cl)c(C(=O)Nc2ccc3c(c2)C(=O)N(Cc2ccc(Cl)cc2)CO3)c1. The fourth-order valence-electron chi connectivity index (χ4n) is 3.65. The first kappa shape index (κ1) is 25.5. The number of hydrogen-bond acceptors (Lipinski definition) is 4. The van der Waals surface area contributed by atoms with Crippen molar-refractivity contribution in [1.29, 1.82) is 0 Å². The Morgan fingerprint density at radius 2 is 1.72 bits per heavy atom. The molecule has 1 heterocycles. The molecule has 2 N–H and O–H groups in total. The van der Waals surface area contributed by atoms with Gasteiger partial charge in [-0.15, -0.1) is 0 Å². The summed E-state index contributed by atoms with van der Waals surface area (Å²) in [6.45, 7) is 4.38. The van der Waals surface area contributed by atoms with Crippen molar-refractivity contribution in [3.63, 3.8) is 0 Å². The molecule has 36 heavy (non-hydrogen) atoms. The van der Waals surface area contributed by atoms with Crippen LogP contribution in [0.5, 0.6) is 5.75 Å². The molecule has 4 rings (SSSR count). The average molecular weight is 526 g/mol.